The Hall–Kier alpha value is -1.82. The monoisotopic (exact) mass is 401 g/mol. The normalized spacial score (nSPS) is 23.7. The predicted octanol–water partition coefficient (Wildman–Crippen LogP) is 4.40. The predicted molar refractivity (Wildman–Crippen MR) is 116 cm³/mol. The van der Waals surface area contributed by atoms with Crippen molar-refractivity contribution < 1.29 is 4.79 Å². The average molecular weight is 402 g/mol. The molecule has 6 heteroatoms. The van der Waals surface area contributed by atoms with Gasteiger partial charge >= 0.3 is 0 Å². The van der Waals surface area contributed by atoms with E-state index in [0.717, 1.165) is 12.8 Å². The van der Waals surface area contributed by atoms with Crippen LogP contribution >= 0.6 is 11.8 Å². The van der Waals surface area contributed by atoms with E-state index in [0.29, 0.717) is 27.9 Å². The highest BCUT2D eigenvalue weighted by Crippen LogP contribution is 2.39. The Bertz CT molecular complexity index is 908. The Morgan fingerprint density at radius 3 is 2.64 bits per heavy atom. The molecule has 1 aliphatic rings. The minimum Gasteiger partial charge on any atom is -0.353 e. The summed E-state index contributed by atoms with van der Waals surface area (Å²) in [6.07, 6.45) is 3.29. The SMILES string of the molecule is CC(C)NC(=O)[C@H](C)Sc1nc2ccccc2c(=O)n1[C@H]1CCC[C@H](C)[C@H]1C. The molecule has 3 rings (SSSR count). The second-order valence-electron chi connectivity index (χ2n) is 8.34. The summed E-state index contributed by atoms with van der Waals surface area (Å²) in [5.41, 5.74) is 0.703. The molecule has 0 radical (unpaired) electrons. The van der Waals surface area contributed by atoms with E-state index in [2.05, 4.69) is 19.2 Å². The zero-order valence-corrected chi connectivity index (χ0v) is 18.3. The number of carbonyl (C=O) groups is 1. The van der Waals surface area contributed by atoms with E-state index in [1.165, 1.54) is 18.2 Å². The van der Waals surface area contributed by atoms with Crippen molar-refractivity contribution in [1.82, 2.24) is 14.9 Å². The standard InChI is InChI=1S/C22H31N3O2S/c1-13(2)23-20(26)16(5)28-22-24-18-11-7-6-10-17(18)21(27)25(22)19-12-8-9-14(3)15(19)4/h6-7,10-11,13-16,19H,8-9,12H2,1-5H3,(H,23,26)/t14-,15+,16-,19-/m0/s1. The van der Waals surface area contributed by atoms with E-state index in [1.54, 1.807) is 0 Å². The third kappa shape index (κ3) is 4.27. The molecule has 1 fully saturated rings. The highest BCUT2D eigenvalue weighted by molar-refractivity contribution is 8.00. The number of thioether (sulfide) groups is 1. The fraction of sp³-hybridized carbons (Fsp3) is 0.591. The number of fused-ring (bicyclic) bond motifs is 1. The summed E-state index contributed by atoms with van der Waals surface area (Å²) >= 11 is 1.39. The van der Waals surface area contributed by atoms with Gasteiger partial charge in [-0.05, 0) is 51.2 Å². The van der Waals surface area contributed by atoms with Gasteiger partial charge in [-0.2, -0.15) is 0 Å². The maximum absolute atomic E-state index is 13.4. The summed E-state index contributed by atoms with van der Waals surface area (Å²) in [6.45, 7) is 10.3. The van der Waals surface area contributed by atoms with Gasteiger partial charge < -0.3 is 5.32 Å². The van der Waals surface area contributed by atoms with Crippen molar-refractivity contribution in [2.24, 2.45) is 11.8 Å². The van der Waals surface area contributed by atoms with Crippen molar-refractivity contribution in [2.45, 2.75) is 76.4 Å². The van der Waals surface area contributed by atoms with Gasteiger partial charge in [0.15, 0.2) is 5.16 Å². The van der Waals surface area contributed by atoms with Crippen LogP contribution < -0.4 is 10.9 Å². The summed E-state index contributed by atoms with van der Waals surface area (Å²) in [5.74, 6) is 0.934. The zero-order valence-electron chi connectivity index (χ0n) is 17.4. The molecule has 1 heterocycles. The maximum Gasteiger partial charge on any atom is 0.262 e. The van der Waals surface area contributed by atoms with Gasteiger partial charge in [-0.15, -0.1) is 0 Å². The smallest absolute Gasteiger partial charge is 0.262 e. The molecular formula is C22H31N3O2S. The van der Waals surface area contributed by atoms with Gasteiger partial charge in [0.05, 0.1) is 16.2 Å². The van der Waals surface area contributed by atoms with Crippen molar-refractivity contribution in [3.05, 3.63) is 34.6 Å². The van der Waals surface area contributed by atoms with Gasteiger partial charge in [0.2, 0.25) is 5.91 Å². The van der Waals surface area contributed by atoms with E-state index < -0.39 is 0 Å². The molecule has 1 aromatic carbocycles. The molecule has 1 aliphatic carbocycles. The van der Waals surface area contributed by atoms with Crippen LogP contribution in [0.2, 0.25) is 0 Å². The Morgan fingerprint density at radius 1 is 1.21 bits per heavy atom. The minimum absolute atomic E-state index is 0.00974. The molecule has 0 spiro atoms. The molecule has 5 nitrogen and oxygen atoms in total. The molecule has 0 aliphatic heterocycles. The Kier molecular flexibility index (Phi) is 6.48. The number of hydrogen-bond acceptors (Lipinski definition) is 4. The molecule has 0 saturated heterocycles. The first-order chi connectivity index (χ1) is 13.3. The lowest BCUT2D eigenvalue weighted by molar-refractivity contribution is -0.120. The zero-order chi connectivity index (χ0) is 20.4. The quantitative estimate of drug-likeness (QED) is 0.596. The fourth-order valence-corrected chi connectivity index (χ4v) is 5.01. The Morgan fingerprint density at radius 2 is 1.93 bits per heavy atom. The minimum atomic E-state index is -0.321. The molecular weight excluding hydrogens is 370 g/mol. The average Bonchev–Trinajstić information content (AvgIpc) is 2.64. The van der Waals surface area contributed by atoms with Crippen LogP contribution in [0.15, 0.2) is 34.2 Å². The van der Waals surface area contributed by atoms with Crippen LogP contribution in [0.25, 0.3) is 10.9 Å². The molecule has 152 valence electrons. The molecule has 28 heavy (non-hydrogen) atoms. The van der Waals surface area contributed by atoms with Crippen LogP contribution in [0.1, 0.15) is 59.9 Å². The van der Waals surface area contributed by atoms with Crippen LogP contribution in [-0.4, -0.2) is 26.8 Å². The molecule has 2 aromatic rings. The van der Waals surface area contributed by atoms with E-state index in [-0.39, 0.29) is 28.8 Å². The van der Waals surface area contributed by atoms with Crippen LogP contribution in [-0.2, 0) is 4.79 Å². The number of benzene rings is 1. The Balaban J connectivity index is 2.07. The lowest BCUT2D eigenvalue weighted by Gasteiger charge is -2.36. The van der Waals surface area contributed by atoms with Crippen molar-refractivity contribution in [3.8, 4) is 0 Å². The van der Waals surface area contributed by atoms with E-state index in [4.69, 9.17) is 4.98 Å². The molecule has 0 bridgehead atoms. The second-order valence-corrected chi connectivity index (χ2v) is 9.65. The molecule has 4 atom stereocenters. The van der Waals surface area contributed by atoms with Crippen LogP contribution in [0, 0.1) is 11.8 Å². The summed E-state index contributed by atoms with van der Waals surface area (Å²) < 4.78 is 1.88. The maximum atomic E-state index is 13.4. The van der Waals surface area contributed by atoms with Crippen LogP contribution in [0.4, 0.5) is 0 Å². The Labute approximate surface area is 171 Å². The number of carbonyl (C=O) groups excluding carboxylic acids is 1. The van der Waals surface area contributed by atoms with Gasteiger partial charge in [0, 0.05) is 12.1 Å². The largest absolute Gasteiger partial charge is 0.353 e. The lowest BCUT2D eigenvalue weighted by atomic mass is 9.78. The van der Waals surface area contributed by atoms with Crippen LogP contribution in [0.5, 0.6) is 0 Å². The first kappa shape index (κ1) is 20.9. The number of nitrogens with zero attached hydrogens (tertiary/aromatic N) is 2. The van der Waals surface area contributed by atoms with E-state index in [1.807, 2.05) is 49.6 Å². The van der Waals surface area contributed by atoms with E-state index in [9.17, 15) is 9.59 Å². The summed E-state index contributed by atoms with van der Waals surface area (Å²) in [7, 11) is 0. The first-order valence-electron chi connectivity index (χ1n) is 10.3. The van der Waals surface area contributed by atoms with Crippen molar-refractivity contribution in [3.63, 3.8) is 0 Å². The van der Waals surface area contributed by atoms with Gasteiger partial charge in [-0.3, -0.25) is 14.2 Å². The number of hydrogen-bond donors (Lipinski definition) is 1. The van der Waals surface area contributed by atoms with Gasteiger partial charge in [-0.1, -0.05) is 50.6 Å². The summed E-state index contributed by atoms with van der Waals surface area (Å²) in [5, 5.41) is 3.94. The highest BCUT2D eigenvalue weighted by Gasteiger charge is 2.32. The van der Waals surface area contributed by atoms with Gasteiger partial charge in [0.25, 0.3) is 5.56 Å². The lowest BCUT2D eigenvalue weighted by Crippen LogP contribution is -2.38. The molecule has 1 N–H and O–H groups in total. The highest BCUT2D eigenvalue weighted by atomic mass is 32.2. The topological polar surface area (TPSA) is 64.0 Å². The van der Waals surface area contributed by atoms with Crippen molar-refractivity contribution in [1.29, 1.82) is 0 Å². The second kappa shape index (κ2) is 8.68. The number of aromatic nitrogens is 2. The van der Waals surface area contributed by atoms with Crippen LogP contribution in [0.3, 0.4) is 0 Å². The van der Waals surface area contributed by atoms with E-state index >= 15 is 0 Å². The number of nitrogens with one attached hydrogen (secondary N) is 1. The summed E-state index contributed by atoms with van der Waals surface area (Å²) in [6, 6.07) is 7.71. The van der Waals surface area contributed by atoms with Crippen molar-refractivity contribution >= 4 is 28.6 Å². The molecule has 0 unspecified atom stereocenters. The fourth-order valence-electron chi connectivity index (χ4n) is 4.03. The third-order valence-corrected chi connectivity index (χ3v) is 6.92. The molecule has 1 aromatic heterocycles. The number of amides is 1. The number of para-hydroxylation sites is 1. The summed E-state index contributed by atoms with van der Waals surface area (Å²) in [4.78, 5) is 30.7. The number of rotatable bonds is 5. The third-order valence-electron chi connectivity index (χ3n) is 5.85. The van der Waals surface area contributed by atoms with Gasteiger partial charge in [-0.25, -0.2) is 4.98 Å². The van der Waals surface area contributed by atoms with Crippen molar-refractivity contribution in [2.75, 3.05) is 0 Å². The first-order valence-corrected chi connectivity index (χ1v) is 11.2. The van der Waals surface area contributed by atoms with Gasteiger partial charge in [0.1, 0.15) is 0 Å². The molecule has 1 saturated carbocycles. The molecule has 1 amide bonds.